The molecule has 1 nitrogen and oxygen atoms in total. The number of aliphatic hydroxyl groups excluding tert-OH is 1. The fourth-order valence-electron chi connectivity index (χ4n) is 3.29. The average molecular weight is 254 g/mol. The quantitative estimate of drug-likeness (QED) is 0.874. The SMILES string of the molecule is CCCC[C@@H]1Cc2cc3ccccc3cc2C[C@H]1O. The molecule has 2 aromatic rings. The highest BCUT2D eigenvalue weighted by molar-refractivity contribution is 5.84. The molecule has 0 fully saturated rings. The van der Waals surface area contributed by atoms with E-state index in [-0.39, 0.29) is 6.10 Å². The van der Waals surface area contributed by atoms with Crippen molar-refractivity contribution in [3.8, 4) is 0 Å². The molecule has 0 spiro atoms. The summed E-state index contributed by atoms with van der Waals surface area (Å²) in [5.41, 5.74) is 2.80. The van der Waals surface area contributed by atoms with Crippen LogP contribution >= 0.6 is 0 Å². The van der Waals surface area contributed by atoms with Crippen LogP contribution in [-0.4, -0.2) is 11.2 Å². The number of unbranched alkanes of at least 4 members (excludes halogenated alkanes) is 1. The van der Waals surface area contributed by atoms with Crippen molar-refractivity contribution in [1.82, 2.24) is 0 Å². The molecule has 1 aliphatic rings. The molecular formula is C18H22O. The Hall–Kier alpha value is -1.34. The first-order chi connectivity index (χ1) is 9.28. The molecule has 1 aliphatic carbocycles. The maximum absolute atomic E-state index is 10.3. The molecule has 0 saturated heterocycles. The molecule has 0 aliphatic heterocycles. The second-order valence-corrected chi connectivity index (χ2v) is 5.85. The van der Waals surface area contributed by atoms with Gasteiger partial charge in [-0.15, -0.1) is 0 Å². The van der Waals surface area contributed by atoms with Crippen LogP contribution in [0.15, 0.2) is 36.4 Å². The van der Waals surface area contributed by atoms with Gasteiger partial charge >= 0.3 is 0 Å². The van der Waals surface area contributed by atoms with Crippen LogP contribution in [0.2, 0.25) is 0 Å². The van der Waals surface area contributed by atoms with Gasteiger partial charge in [0.15, 0.2) is 0 Å². The molecule has 3 rings (SSSR count). The van der Waals surface area contributed by atoms with Crippen molar-refractivity contribution in [3.05, 3.63) is 47.5 Å². The van der Waals surface area contributed by atoms with Crippen molar-refractivity contribution in [2.24, 2.45) is 5.92 Å². The van der Waals surface area contributed by atoms with Crippen LogP contribution in [0.25, 0.3) is 10.8 Å². The summed E-state index contributed by atoms with van der Waals surface area (Å²) in [5.74, 6) is 0.452. The summed E-state index contributed by atoms with van der Waals surface area (Å²) < 4.78 is 0. The maximum Gasteiger partial charge on any atom is 0.0611 e. The third-order valence-electron chi connectivity index (χ3n) is 4.45. The van der Waals surface area contributed by atoms with Gasteiger partial charge in [-0.2, -0.15) is 0 Å². The van der Waals surface area contributed by atoms with E-state index >= 15 is 0 Å². The number of fused-ring (bicyclic) bond motifs is 2. The summed E-state index contributed by atoms with van der Waals surface area (Å²) in [5, 5.41) is 12.9. The van der Waals surface area contributed by atoms with E-state index in [1.54, 1.807) is 0 Å². The number of hydrogen-bond donors (Lipinski definition) is 1. The molecule has 1 heteroatoms. The van der Waals surface area contributed by atoms with Crippen molar-refractivity contribution in [3.63, 3.8) is 0 Å². The molecule has 0 heterocycles. The lowest BCUT2D eigenvalue weighted by molar-refractivity contribution is 0.0933. The third kappa shape index (κ3) is 2.52. The van der Waals surface area contributed by atoms with Gasteiger partial charge in [0.2, 0.25) is 0 Å². The summed E-state index contributed by atoms with van der Waals surface area (Å²) in [6.45, 7) is 2.22. The second kappa shape index (κ2) is 5.34. The zero-order valence-corrected chi connectivity index (χ0v) is 11.6. The lowest BCUT2D eigenvalue weighted by Crippen LogP contribution is -2.30. The number of benzene rings is 2. The highest BCUT2D eigenvalue weighted by Crippen LogP contribution is 2.32. The molecule has 0 aromatic heterocycles. The normalized spacial score (nSPS) is 22.4. The van der Waals surface area contributed by atoms with Gasteiger partial charge in [-0.1, -0.05) is 56.2 Å². The molecule has 19 heavy (non-hydrogen) atoms. The van der Waals surface area contributed by atoms with E-state index in [0.29, 0.717) is 5.92 Å². The standard InChI is InChI=1S/C18H22O/c1-2-3-6-15-11-16-9-13-7-4-5-8-14(13)10-17(16)12-18(15)19/h4-5,7-10,15,18-19H,2-3,6,11-12H2,1H3/t15-,18-/m1/s1. The van der Waals surface area contributed by atoms with Gasteiger partial charge in [-0.25, -0.2) is 0 Å². The zero-order chi connectivity index (χ0) is 13.2. The largest absolute Gasteiger partial charge is 0.392 e. The molecule has 0 unspecified atom stereocenters. The van der Waals surface area contributed by atoms with Crippen molar-refractivity contribution in [1.29, 1.82) is 0 Å². The van der Waals surface area contributed by atoms with Gasteiger partial charge in [-0.05, 0) is 47.1 Å². The minimum absolute atomic E-state index is 0.153. The maximum atomic E-state index is 10.3. The van der Waals surface area contributed by atoms with E-state index in [1.165, 1.54) is 34.7 Å². The van der Waals surface area contributed by atoms with Crippen LogP contribution in [0.1, 0.15) is 37.3 Å². The molecule has 0 amide bonds. The van der Waals surface area contributed by atoms with E-state index in [4.69, 9.17) is 0 Å². The minimum atomic E-state index is -0.153. The van der Waals surface area contributed by atoms with Gasteiger partial charge in [0.05, 0.1) is 6.10 Å². The summed E-state index contributed by atoms with van der Waals surface area (Å²) in [7, 11) is 0. The van der Waals surface area contributed by atoms with Crippen molar-refractivity contribution in [2.45, 2.75) is 45.1 Å². The predicted molar refractivity (Wildman–Crippen MR) is 80.4 cm³/mol. The molecule has 0 saturated carbocycles. The predicted octanol–water partition coefficient (Wildman–Crippen LogP) is 4.11. The van der Waals surface area contributed by atoms with Crippen LogP contribution in [-0.2, 0) is 12.8 Å². The fraction of sp³-hybridized carbons (Fsp3) is 0.444. The lowest BCUT2D eigenvalue weighted by atomic mass is 9.78. The fourth-order valence-corrected chi connectivity index (χ4v) is 3.29. The van der Waals surface area contributed by atoms with Crippen LogP contribution in [0.4, 0.5) is 0 Å². The summed E-state index contributed by atoms with van der Waals surface area (Å²) in [6, 6.07) is 13.1. The van der Waals surface area contributed by atoms with Gasteiger partial charge < -0.3 is 5.11 Å². The van der Waals surface area contributed by atoms with E-state index in [1.807, 2.05) is 0 Å². The molecule has 0 radical (unpaired) electrons. The van der Waals surface area contributed by atoms with E-state index in [2.05, 4.69) is 43.3 Å². The Bertz CT molecular complexity index is 573. The smallest absolute Gasteiger partial charge is 0.0611 e. The number of aliphatic hydroxyl groups is 1. The van der Waals surface area contributed by atoms with Crippen LogP contribution in [0.5, 0.6) is 0 Å². The van der Waals surface area contributed by atoms with E-state index in [9.17, 15) is 5.11 Å². The average Bonchev–Trinajstić information content (AvgIpc) is 2.43. The van der Waals surface area contributed by atoms with E-state index < -0.39 is 0 Å². The Morgan fingerprint density at radius 2 is 1.68 bits per heavy atom. The van der Waals surface area contributed by atoms with Gasteiger partial charge in [0, 0.05) is 0 Å². The molecular weight excluding hydrogens is 232 g/mol. The van der Waals surface area contributed by atoms with Gasteiger partial charge in [0.25, 0.3) is 0 Å². The lowest BCUT2D eigenvalue weighted by Gasteiger charge is -2.30. The van der Waals surface area contributed by atoms with Crippen molar-refractivity contribution in [2.75, 3.05) is 0 Å². The Balaban J connectivity index is 1.92. The highest BCUT2D eigenvalue weighted by atomic mass is 16.3. The monoisotopic (exact) mass is 254 g/mol. The summed E-state index contributed by atoms with van der Waals surface area (Å²) in [4.78, 5) is 0. The molecule has 100 valence electrons. The first-order valence-electron chi connectivity index (χ1n) is 7.46. The van der Waals surface area contributed by atoms with Crippen LogP contribution < -0.4 is 0 Å². The first-order valence-corrected chi connectivity index (χ1v) is 7.46. The Morgan fingerprint density at radius 3 is 2.32 bits per heavy atom. The summed E-state index contributed by atoms with van der Waals surface area (Å²) in [6.07, 6.45) is 5.32. The molecule has 2 aromatic carbocycles. The van der Waals surface area contributed by atoms with Gasteiger partial charge in [0.1, 0.15) is 0 Å². The highest BCUT2D eigenvalue weighted by Gasteiger charge is 2.26. The summed E-state index contributed by atoms with van der Waals surface area (Å²) >= 11 is 0. The first kappa shape index (κ1) is 12.7. The third-order valence-corrected chi connectivity index (χ3v) is 4.45. The van der Waals surface area contributed by atoms with Crippen LogP contribution in [0, 0.1) is 5.92 Å². The van der Waals surface area contributed by atoms with Gasteiger partial charge in [-0.3, -0.25) is 0 Å². The second-order valence-electron chi connectivity index (χ2n) is 5.85. The zero-order valence-electron chi connectivity index (χ0n) is 11.6. The van der Waals surface area contributed by atoms with Crippen molar-refractivity contribution >= 4 is 10.8 Å². The van der Waals surface area contributed by atoms with E-state index in [0.717, 1.165) is 19.3 Å². The van der Waals surface area contributed by atoms with Crippen LogP contribution in [0.3, 0.4) is 0 Å². The number of rotatable bonds is 3. The molecule has 2 atom stereocenters. The Kier molecular flexibility index (Phi) is 3.56. The molecule has 1 N–H and O–H groups in total. The van der Waals surface area contributed by atoms with Crippen molar-refractivity contribution < 1.29 is 5.11 Å². The Labute approximate surface area is 115 Å². The Morgan fingerprint density at radius 1 is 1.05 bits per heavy atom. The topological polar surface area (TPSA) is 20.2 Å². The minimum Gasteiger partial charge on any atom is -0.392 e. The molecule has 0 bridgehead atoms. The number of hydrogen-bond acceptors (Lipinski definition) is 1.